The lowest BCUT2D eigenvalue weighted by Crippen LogP contribution is -2.18. The summed E-state index contributed by atoms with van der Waals surface area (Å²) in [6.07, 6.45) is 1.39. The number of methoxy groups -OCH3 is 1. The van der Waals surface area contributed by atoms with E-state index in [4.69, 9.17) is 4.74 Å². The van der Waals surface area contributed by atoms with Crippen LogP contribution in [0.2, 0.25) is 0 Å². The number of amides is 1. The number of ether oxygens (including phenoxy) is 1. The van der Waals surface area contributed by atoms with Gasteiger partial charge in [-0.1, -0.05) is 27.6 Å². The van der Waals surface area contributed by atoms with Gasteiger partial charge in [-0.05, 0) is 37.3 Å². The molecule has 0 aliphatic rings. The van der Waals surface area contributed by atoms with Gasteiger partial charge in [0.25, 0.3) is 5.91 Å². The zero-order valence-corrected chi connectivity index (χ0v) is 13.7. The number of rotatable bonds is 4. The smallest absolute Gasteiger partial charge is 0.275 e. The largest absolute Gasteiger partial charge is 0.507 e. The second kappa shape index (κ2) is 7.09. The SMILES string of the molecule is COc1ccc(Br)cc1C(=O)N/N=C\c1cc(C)ccc1O. The van der Waals surface area contributed by atoms with Crippen LogP contribution in [0.3, 0.4) is 0 Å². The molecule has 0 saturated carbocycles. The van der Waals surface area contributed by atoms with E-state index in [2.05, 4.69) is 26.5 Å². The van der Waals surface area contributed by atoms with Crippen molar-refractivity contribution in [1.82, 2.24) is 5.43 Å². The Hall–Kier alpha value is -2.34. The summed E-state index contributed by atoms with van der Waals surface area (Å²) in [5.74, 6) is 0.152. The summed E-state index contributed by atoms with van der Waals surface area (Å²) < 4.78 is 5.91. The maximum atomic E-state index is 12.1. The molecule has 0 aliphatic carbocycles. The topological polar surface area (TPSA) is 70.9 Å². The molecule has 0 heterocycles. The second-order valence-electron chi connectivity index (χ2n) is 4.61. The average Bonchev–Trinajstić information content (AvgIpc) is 2.50. The van der Waals surface area contributed by atoms with Crippen LogP contribution in [-0.4, -0.2) is 24.3 Å². The summed E-state index contributed by atoms with van der Waals surface area (Å²) >= 11 is 3.31. The van der Waals surface area contributed by atoms with Crippen LogP contribution in [0.1, 0.15) is 21.5 Å². The number of aryl methyl sites for hydroxylation is 1. The first-order valence-corrected chi connectivity index (χ1v) is 7.27. The standard InChI is InChI=1S/C16H15BrN2O3/c1-10-3-5-14(20)11(7-10)9-18-19-16(21)13-8-12(17)4-6-15(13)22-2/h3-9,20H,1-2H3,(H,19,21)/b18-9-. The van der Waals surface area contributed by atoms with Gasteiger partial charge in [0.1, 0.15) is 11.5 Å². The highest BCUT2D eigenvalue weighted by atomic mass is 79.9. The van der Waals surface area contributed by atoms with Gasteiger partial charge in [-0.2, -0.15) is 5.10 Å². The van der Waals surface area contributed by atoms with Gasteiger partial charge in [-0.15, -0.1) is 0 Å². The number of hydrogen-bond donors (Lipinski definition) is 2. The molecule has 114 valence electrons. The van der Waals surface area contributed by atoms with Crippen LogP contribution in [0.5, 0.6) is 11.5 Å². The number of hydrazone groups is 1. The molecular weight excluding hydrogens is 348 g/mol. The van der Waals surface area contributed by atoms with Crippen LogP contribution in [0.4, 0.5) is 0 Å². The van der Waals surface area contributed by atoms with Crippen molar-refractivity contribution in [1.29, 1.82) is 0 Å². The molecule has 0 aliphatic heterocycles. The summed E-state index contributed by atoms with van der Waals surface area (Å²) in [6, 6.07) is 10.3. The summed E-state index contributed by atoms with van der Waals surface area (Å²) in [6.45, 7) is 1.90. The van der Waals surface area contributed by atoms with Crippen LogP contribution in [0.25, 0.3) is 0 Å². The van der Waals surface area contributed by atoms with Crippen molar-refractivity contribution in [3.8, 4) is 11.5 Å². The minimum Gasteiger partial charge on any atom is -0.507 e. The van der Waals surface area contributed by atoms with Crippen LogP contribution < -0.4 is 10.2 Å². The first kappa shape index (κ1) is 16.0. The average molecular weight is 363 g/mol. The van der Waals surface area contributed by atoms with E-state index in [9.17, 15) is 9.90 Å². The van der Waals surface area contributed by atoms with Crippen LogP contribution in [-0.2, 0) is 0 Å². The van der Waals surface area contributed by atoms with Crippen molar-refractivity contribution in [2.75, 3.05) is 7.11 Å². The van der Waals surface area contributed by atoms with Gasteiger partial charge in [0, 0.05) is 10.0 Å². The van der Waals surface area contributed by atoms with Gasteiger partial charge in [0.2, 0.25) is 0 Å². The summed E-state index contributed by atoms with van der Waals surface area (Å²) in [7, 11) is 1.49. The normalized spacial score (nSPS) is 10.7. The number of nitrogens with zero attached hydrogens (tertiary/aromatic N) is 1. The van der Waals surface area contributed by atoms with E-state index in [1.165, 1.54) is 13.3 Å². The number of phenols is 1. The van der Waals surface area contributed by atoms with Gasteiger partial charge in [0.05, 0.1) is 18.9 Å². The highest BCUT2D eigenvalue weighted by Gasteiger charge is 2.12. The maximum Gasteiger partial charge on any atom is 0.275 e. The van der Waals surface area contributed by atoms with E-state index in [1.807, 2.05) is 6.92 Å². The highest BCUT2D eigenvalue weighted by Crippen LogP contribution is 2.22. The van der Waals surface area contributed by atoms with Gasteiger partial charge in [0.15, 0.2) is 0 Å². The fraction of sp³-hybridized carbons (Fsp3) is 0.125. The minimum atomic E-state index is -0.401. The molecular formula is C16H15BrN2O3. The summed E-state index contributed by atoms with van der Waals surface area (Å²) in [5.41, 5.74) is 4.29. The van der Waals surface area contributed by atoms with Crippen LogP contribution >= 0.6 is 15.9 Å². The Morgan fingerprint density at radius 3 is 2.82 bits per heavy atom. The zero-order valence-electron chi connectivity index (χ0n) is 12.1. The number of carbonyl (C=O) groups excluding carboxylic acids is 1. The molecule has 22 heavy (non-hydrogen) atoms. The third-order valence-electron chi connectivity index (χ3n) is 2.96. The lowest BCUT2D eigenvalue weighted by atomic mass is 10.1. The number of nitrogens with one attached hydrogen (secondary N) is 1. The molecule has 0 fully saturated rings. The lowest BCUT2D eigenvalue weighted by Gasteiger charge is -2.07. The molecule has 0 radical (unpaired) electrons. The number of phenolic OH excluding ortho intramolecular Hbond substituents is 1. The fourth-order valence-electron chi connectivity index (χ4n) is 1.86. The van der Waals surface area contributed by atoms with Crippen molar-refractivity contribution < 1.29 is 14.6 Å². The molecule has 2 N–H and O–H groups in total. The molecule has 2 aromatic rings. The second-order valence-corrected chi connectivity index (χ2v) is 5.52. The van der Waals surface area contributed by atoms with E-state index < -0.39 is 5.91 Å². The maximum absolute atomic E-state index is 12.1. The van der Waals surface area contributed by atoms with Crippen molar-refractivity contribution in [2.45, 2.75) is 6.92 Å². The molecule has 0 bridgehead atoms. The number of benzene rings is 2. The Balaban J connectivity index is 2.14. The molecule has 1 amide bonds. The predicted molar refractivity (Wildman–Crippen MR) is 88.6 cm³/mol. The van der Waals surface area contributed by atoms with Crippen molar-refractivity contribution in [3.63, 3.8) is 0 Å². The summed E-state index contributed by atoms with van der Waals surface area (Å²) in [5, 5.41) is 13.6. The summed E-state index contributed by atoms with van der Waals surface area (Å²) in [4.78, 5) is 12.1. The highest BCUT2D eigenvalue weighted by molar-refractivity contribution is 9.10. The fourth-order valence-corrected chi connectivity index (χ4v) is 2.22. The molecule has 0 aromatic heterocycles. The molecule has 2 aromatic carbocycles. The quantitative estimate of drug-likeness (QED) is 0.647. The Labute approximate surface area is 136 Å². The van der Waals surface area contributed by atoms with Gasteiger partial charge < -0.3 is 9.84 Å². The van der Waals surface area contributed by atoms with Crippen molar-refractivity contribution in [3.05, 3.63) is 57.6 Å². The Morgan fingerprint density at radius 2 is 2.09 bits per heavy atom. The van der Waals surface area contributed by atoms with E-state index in [0.29, 0.717) is 16.9 Å². The van der Waals surface area contributed by atoms with E-state index in [-0.39, 0.29) is 5.75 Å². The zero-order chi connectivity index (χ0) is 16.1. The molecule has 0 spiro atoms. The number of carbonyl (C=O) groups is 1. The third kappa shape index (κ3) is 3.85. The molecule has 0 saturated heterocycles. The van der Waals surface area contributed by atoms with Crippen molar-refractivity contribution in [2.24, 2.45) is 5.10 Å². The van der Waals surface area contributed by atoms with E-state index >= 15 is 0 Å². The van der Waals surface area contributed by atoms with Gasteiger partial charge in [-0.3, -0.25) is 4.79 Å². The minimum absolute atomic E-state index is 0.101. The number of aromatic hydroxyl groups is 1. The Bertz CT molecular complexity index is 729. The van der Waals surface area contributed by atoms with E-state index in [0.717, 1.165) is 10.0 Å². The number of halogens is 1. The lowest BCUT2D eigenvalue weighted by molar-refractivity contribution is 0.0952. The molecule has 0 unspecified atom stereocenters. The van der Waals surface area contributed by atoms with Crippen LogP contribution in [0, 0.1) is 6.92 Å². The Morgan fingerprint density at radius 1 is 1.32 bits per heavy atom. The first-order valence-electron chi connectivity index (χ1n) is 6.48. The van der Waals surface area contributed by atoms with Crippen molar-refractivity contribution >= 4 is 28.1 Å². The Kier molecular flexibility index (Phi) is 5.16. The molecule has 2 rings (SSSR count). The van der Waals surface area contributed by atoms with E-state index in [1.54, 1.807) is 36.4 Å². The monoisotopic (exact) mass is 362 g/mol. The predicted octanol–water partition coefficient (Wildman–Crippen LogP) is 3.24. The van der Waals surface area contributed by atoms with Crippen LogP contribution in [0.15, 0.2) is 46.0 Å². The van der Waals surface area contributed by atoms with Gasteiger partial charge in [-0.25, -0.2) is 5.43 Å². The van der Waals surface area contributed by atoms with Gasteiger partial charge >= 0.3 is 0 Å². The molecule has 5 nitrogen and oxygen atoms in total. The first-order chi connectivity index (χ1) is 10.5. The molecule has 0 atom stereocenters. The third-order valence-corrected chi connectivity index (χ3v) is 3.45. The molecule has 6 heteroatoms. The number of hydrogen-bond acceptors (Lipinski definition) is 4.